The van der Waals surface area contributed by atoms with Crippen molar-refractivity contribution < 1.29 is 0 Å². The molecule has 2 rings (SSSR count). The molecule has 0 saturated carbocycles. The molecule has 1 unspecified atom stereocenters. The van der Waals surface area contributed by atoms with Crippen LogP contribution in [0.15, 0.2) is 28.7 Å². The molecule has 1 heterocycles. The predicted molar refractivity (Wildman–Crippen MR) is 90.1 cm³/mol. The number of halogens is 1. The van der Waals surface area contributed by atoms with E-state index in [1.54, 1.807) is 0 Å². The molecule has 0 aliphatic carbocycles. The lowest BCUT2D eigenvalue weighted by Gasteiger charge is -2.31. The Morgan fingerprint density at radius 3 is 2.50 bits per heavy atom. The van der Waals surface area contributed by atoms with E-state index in [9.17, 15) is 0 Å². The van der Waals surface area contributed by atoms with Crippen molar-refractivity contribution in [2.75, 3.05) is 26.2 Å². The highest BCUT2D eigenvalue weighted by atomic mass is 79.9. The second-order valence-corrected chi connectivity index (χ2v) is 6.93. The zero-order valence-corrected chi connectivity index (χ0v) is 14.3. The normalized spacial score (nSPS) is 19.1. The fraction of sp³-hybridized carbons (Fsp3) is 0.647. The van der Waals surface area contributed by atoms with E-state index in [-0.39, 0.29) is 0 Å². The Labute approximate surface area is 132 Å². The van der Waals surface area contributed by atoms with Crippen LogP contribution in [0, 0.1) is 5.92 Å². The van der Waals surface area contributed by atoms with Crippen molar-refractivity contribution in [3.8, 4) is 0 Å². The maximum absolute atomic E-state index is 3.72. The van der Waals surface area contributed by atoms with E-state index in [4.69, 9.17) is 0 Å². The first kappa shape index (κ1) is 16.0. The second kappa shape index (κ2) is 8.16. The van der Waals surface area contributed by atoms with Crippen LogP contribution in [-0.2, 0) is 6.42 Å². The molecular weight excluding hydrogens is 312 g/mol. The van der Waals surface area contributed by atoms with E-state index in [2.05, 4.69) is 64.3 Å². The fourth-order valence-corrected chi connectivity index (χ4v) is 3.19. The Hall–Kier alpha value is -0.380. The maximum Gasteiger partial charge on any atom is 0.0175 e. The molecule has 0 aromatic heterocycles. The molecule has 0 radical (unpaired) electrons. The van der Waals surface area contributed by atoms with Gasteiger partial charge in [-0.05, 0) is 76.0 Å². The topological polar surface area (TPSA) is 15.3 Å². The van der Waals surface area contributed by atoms with Gasteiger partial charge in [0.25, 0.3) is 0 Å². The molecule has 0 spiro atoms. The zero-order chi connectivity index (χ0) is 14.4. The van der Waals surface area contributed by atoms with Crippen molar-refractivity contribution >= 4 is 15.9 Å². The average Bonchev–Trinajstić information content (AvgIpc) is 2.48. The highest BCUT2D eigenvalue weighted by molar-refractivity contribution is 9.10. The SMILES string of the molecule is CCN1CCC(CNC(C)Cc2ccc(Br)cc2)CC1. The lowest BCUT2D eigenvalue weighted by Crippen LogP contribution is -2.39. The van der Waals surface area contributed by atoms with Crippen molar-refractivity contribution in [3.63, 3.8) is 0 Å². The van der Waals surface area contributed by atoms with Crippen LogP contribution in [0.5, 0.6) is 0 Å². The van der Waals surface area contributed by atoms with Crippen LogP contribution in [0.1, 0.15) is 32.3 Å². The minimum absolute atomic E-state index is 0.556. The van der Waals surface area contributed by atoms with Crippen LogP contribution in [0.3, 0.4) is 0 Å². The van der Waals surface area contributed by atoms with Crippen molar-refractivity contribution in [1.29, 1.82) is 0 Å². The van der Waals surface area contributed by atoms with Gasteiger partial charge in [-0.15, -0.1) is 0 Å². The van der Waals surface area contributed by atoms with Gasteiger partial charge in [0.2, 0.25) is 0 Å². The molecule has 1 atom stereocenters. The van der Waals surface area contributed by atoms with E-state index >= 15 is 0 Å². The van der Waals surface area contributed by atoms with Crippen LogP contribution >= 0.6 is 15.9 Å². The first-order valence-corrected chi connectivity index (χ1v) is 8.67. The zero-order valence-electron chi connectivity index (χ0n) is 12.7. The Morgan fingerprint density at radius 1 is 1.25 bits per heavy atom. The van der Waals surface area contributed by atoms with Crippen LogP contribution in [-0.4, -0.2) is 37.1 Å². The van der Waals surface area contributed by atoms with Crippen LogP contribution in [0.4, 0.5) is 0 Å². The Balaban J connectivity index is 1.67. The summed E-state index contributed by atoms with van der Waals surface area (Å²) in [6, 6.07) is 9.23. The smallest absolute Gasteiger partial charge is 0.0175 e. The fourth-order valence-electron chi connectivity index (χ4n) is 2.92. The summed E-state index contributed by atoms with van der Waals surface area (Å²) >= 11 is 3.49. The summed E-state index contributed by atoms with van der Waals surface area (Å²) in [5.41, 5.74) is 1.41. The van der Waals surface area contributed by atoms with Crippen molar-refractivity contribution in [1.82, 2.24) is 10.2 Å². The Kier molecular flexibility index (Phi) is 6.53. The van der Waals surface area contributed by atoms with Gasteiger partial charge in [-0.1, -0.05) is 35.0 Å². The number of benzene rings is 1. The molecule has 1 aliphatic rings. The Bertz CT molecular complexity index is 382. The van der Waals surface area contributed by atoms with E-state index in [0.29, 0.717) is 6.04 Å². The number of likely N-dealkylation sites (tertiary alicyclic amines) is 1. The van der Waals surface area contributed by atoms with Gasteiger partial charge in [0.15, 0.2) is 0 Å². The summed E-state index contributed by atoms with van der Waals surface area (Å²) in [4.78, 5) is 2.56. The van der Waals surface area contributed by atoms with Crippen molar-refractivity contribution in [2.45, 2.75) is 39.2 Å². The van der Waals surface area contributed by atoms with Crippen LogP contribution < -0.4 is 5.32 Å². The molecule has 3 heteroatoms. The summed E-state index contributed by atoms with van der Waals surface area (Å²) in [7, 11) is 0. The lowest BCUT2D eigenvalue weighted by molar-refractivity contribution is 0.188. The molecule has 1 saturated heterocycles. The molecule has 1 aromatic carbocycles. The van der Waals surface area contributed by atoms with Gasteiger partial charge in [-0.25, -0.2) is 0 Å². The highest BCUT2D eigenvalue weighted by Crippen LogP contribution is 2.16. The van der Waals surface area contributed by atoms with Gasteiger partial charge in [0, 0.05) is 10.5 Å². The van der Waals surface area contributed by atoms with E-state index < -0.39 is 0 Å². The third kappa shape index (κ3) is 5.19. The molecule has 0 bridgehead atoms. The first-order valence-electron chi connectivity index (χ1n) is 7.87. The van der Waals surface area contributed by atoms with Gasteiger partial charge in [-0.3, -0.25) is 0 Å². The van der Waals surface area contributed by atoms with Gasteiger partial charge >= 0.3 is 0 Å². The molecule has 112 valence electrons. The van der Waals surface area contributed by atoms with E-state index in [0.717, 1.165) is 16.8 Å². The van der Waals surface area contributed by atoms with Gasteiger partial charge in [0.1, 0.15) is 0 Å². The third-order valence-electron chi connectivity index (χ3n) is 4.36. The summed E-state index contributed by atoms with van der Waals surface area (Å²) in [6.45, 7) is 9.51. The van der Waals surface area contributed by atoms with Gasteiger partial charge in [-0.2, -0.15) is 0 Å². The number of hydrogen-bond donors (Lipinski definition) is 1. The Morgan fingerprint density at radius 2 is 1.90 bits per heavy atom. The number of nitrogens with zero attached hydrogens (tertiary/aromatic N) is 1. The minimum atomic E-state index is 0.556. The third-order valence-corrected chi connectivity index (χ3v) is 4.89. The molecule has 2 nitrogen and oxygen atoms in total. The molecule has 1 aromatic rings. The van der Waals surface area contributed by atoms with Crippen LogP contribution in [0.2, 0.25) is 0 Å². The molecule has 1 fully saturated rings. The first-order chi connectivity index (χ1) is 9.67. The average molecular weight is 339 g/mol. The molecule has 0 amide bonds. The second-order valence-electron chi connectivity index (χ2n) is 6.02. The van der Waals surface area contributed by atoms with E-state index in [1.165, 1.54) is 44.6 Å². The summed E-state index contributed by atoms with van der Waals surface area (Å²) in [5, 5.41) is 3.72. The highest BCUT2D eigenvalue weighted by Gasteiger charge is 2.18. The van der Waals surface area contributed by atoms with Crippen molar-refractivity contribution in [3.05, 3.63) is 34.3 Å². The lowest BCUT2D eigenvalue weighted by atomic mass is 9.96. The molecule has 20 heavy (non-hydrogen) atoms. The summed E-state index contributed by atoms with van der Waals surface area (Å²) in [6.07, 6.45) is 3.82. The van der Waals surface area contributed by atoms with Gasteiger partial charge in [0.05, 0.1) is 0 Å². The number of hydrogen-bond acceptors (Lipinski definition) is 2. The molecule has 1 aliphatic heterocycles. The van der Waals surface area contributed by atoms with Gasteiger partial charge < -0.3 is 10.2 Å². The quantitative estimate of drug-likeness (QED) is 0.850. The van der Waals surface area contributed by atoms with E-state index in [1.807, 2.05) is 0 Å². The standard InChI is InChI=1S/C17H27BrN2/c1-3-20-10-8-16(9-11-20)13-19-14(2)12-15-4-6-17(18)7-5-15/h4-7,14,16,19H,3,8-13H2,1-2H3. The monoisotopic (exact) mass is 338 g/mol. The minimum Gasteiger partial charge on any atom is -0.314 e. The van der Waals surface area contributed by atoms with Crippen LogP contribution in [0.25, 0.3) is 0 Å². The number of nitrogens with one attached hydrogen (secondary N) is 1. The maximum atomic E-state index is 3.72. The number of rotatable bonds is 6. The largest absolute Gasteiger partial charge is 0.314 e. The molecular formula is C17H27BrN2. The summed E-state index contributed by atoms with van der Waals surface area (Å²) in [5.74, 6) is 0.866. The van der Waals surface area contributed by atoms with Crippen molar-refractivity contribution in [2.24, 2.45) is 5.92 Å². The predicted octanol–water partition coefficient (Wildman–Crippen LogP) is 3.70. The summed E-state index contributed by atoms with van der Waals surface area (Å²) < 4.78 is 1.16. The number of piperidine rings is 1. The molecule has 1 N–H and O–H groups in total.